The van der Waals surface area contributed by atoms with Crippen LogP contribution in [-0.4, -0.2) is 18.4 Å². The van der Waals surface area contributed by atoms with Crippen LogP contribution in [0.3, 0.4) is 0 Å². The van der Waals surface area contributed by atoms with Crippen molar-refractivity contribution in [3.05, 3.63) is 29.6 Å². The van der Waals surface area contributed by atoms with Crippen molar-refractivity contribution < 1.29 is 18.0 Å². The fraction of sp³-hybridized carbons (Fsp3) is 0.462. The van der Waals surface area contributed by atoms with Gasteiger partial charge in [0.25, 0.3) is 0 Å². The number of nitrogens with zero attached hydrogens (tertiary/aromatic N) is 1. The number of anilines is 1. The van der Waals surface area contributed by atoms with Crippen LogP contribution in [0.4, 0.5) is 18.9 Å². The van der Waals surface area contributed by atoms with E-state index < -0.39 is 17.5 Å². The van der Waals surface area contributed by atoms with Gasteiger partial charge in [0.1, 0.15) is 17.3 Å². The minimum atomic E-state index is -0.942. The van der Waals surface area contributed by atoms with Crippen molar-refractivity contribution in [1.82, 2.24) is 0 Å². The maximum Gasteiger partial charge on any atom is 0.152 e. The van der Waals surface area contributed by atoms with E-state index in [4.69, 9.17) is 0 Å². The standard InChI is InChI=1S/C13H14F3NO/c1-7-8(2)17(4-3-12(7)18)13-10(15)5-9(14)6-11(13)16/h5-8H,3-4H2,1-2H3. The van der Waals surface area contributed by atoms with Gasteiger partial charge in [-0.25, -0.2) is 13.2 Å². The topological polar surface area (TPSA) is 20.3 Å². The van der Waals surface area contributed by atoms with Crippen molar-refractivity contribution in [3.63, 3.8) is 0 Å². The number of rotatable bonds is 1. The van der Waals surface area contributed by atoms with E-state index >= 15 is 0 Å². The molecule has 2 unspecified atom stereocenters. The third kappa shape index (κ3) is 2.09. The second kappa shape index (κ2) is 4.63. The maximum absolute atomic E-state index is 13.7. The molecule has 2 atom stereocenters. The van der Waals surface area contributed by atoms with Crippen LogP contribution in [0.2, 0.25) is 0 Å². The van der Waals surface area contributed by atoms with Gasteiger partial charge in [-0.15, -0.1) is 0 Å². The molecule has 0 saturated carbocycles. The Kier molecular flexibility index (Phi) is 3.32. The highest BCUT2D eigenvalue weighted by molar-refractivity contribution is 5.84. The Morgan fingerprint density at radius 2 is 1.72 bits per heavy atom. The van der Waals surface area contributed by atoms with Gasteiger partial charge in [0, 0.05) is 37.1 Å². The molecule has 1 aromatic carbocycles. The van der Waals surface area contributed by atoms with E-state index in [2.05, 4.69) is 0 Å². The first-order valence-electron chi connectivity index (χ1n) is 5.85. The lowest BCUT2D eigenvalue weighted by Gasteiger charge is -2.38. The van der Waals surface area contributed by atoms with Crippen LogP contribution in [0.1, 0.15) is 20.3 Å². The Labute approximate surface area is 103 Å². The zero-order valence-electron chi connectivity index (χ0n) is 10.2. The molecule has 0 N–H and O–H groups in total. The highest BCUT2D eigenvalue weighted by Gasteiger charge is 2.33. The molecule has 98 valence electrons. The smallest absolute Gasteiger partial charge is 0.152 e. The number of hydrogen-bond acceptors (Lipinski definition) is 2. The summed E-state index contributed by atoms with van der Waals surface area (Å²) in [5, 5.41) is 0. The molecular weight excluding hydrogens is 243 g/mol. The number of Topliss-reactive ketones (excluding diaryl/α,β-unsaturated/α-hetero) is 1. The lowest BCUT2D eigenvalue weighted by Crippen LogP contribution is -2.47. The van der Waals surface area contributed by atoms with E-state index in [1.165, 1.54) is 4.90 Å². The van der Waals surface area contributed by atoms with Gasteiger partial charge in [-0.3, -0.25) is 4.79 Å². The largest absolute Gasteiger partial charge is 0.363 e. The summed E-state index contributed by atoms with van der Waals surface area (Å²) in [6.45, 7) is 3.73. The van der Waals surface area contributed by atoms with Crippen molar-refractivity contribution in [2.45, 2.75) is 26.3 Å². The molecule has 1 aromatic rings. The molecule has 0 bridgehead atoms. The SMILES string of the molecule is CC1C(=O)CCN(c2c(F)cc(F)cc2F)C1C. The first kappa shape index (κ1) is 12.9. The Morgan fingerprint density at radius 1 is 1.17 bits per heavy atom. The van der Waals surface area contributed by atoms with Crippen molar-refractivity contribution in [1.29, 1.82) is 0 Å². The van der Waals surface area contributed by atoms with Crippen LogP contribution in [-0.2, 0) is 4.79 Å². The second-order valence-corrected chi connectivity index (χ2v) is 4.66. The van der Waals surface area contributed by atoms with E-state index in [1.54, 1.807) is 13.8 Å². The third-order valence-corrected chi connectivity index (χ3v) is 3.59. The normalized spacial score (nSPS) is 24.5. The molecule has 0 aliphatic carbocycles. The minimum absolute atomic E-state index is 0.0849. The molecule has 0 amide bonds. The first-order valence-corrected chi connectivity index (χ1v) is 5.85. The number of carbonyl (C=O) groups is 1. The summed E-state index contributed by atoms with van der Waals surface area (Å²) in [5.74, 6) is -3.01. The fourth-order valence-corrected chi connectivity index (χ4v) is 2.33. The molecule has 2 nitrogen and oxygen atoms in total. The highest BCUT2D eigenvalue weighted by atomic mass is 19.1. The molecule has 1 saturated heterocycles. The van der Waals surface area contributed by atoms with Crippen LogP contribution < -0.4 is 4.90 Å². The van der Waals surface area contributed by atoms with Crippen LogP contribution in [0, 0.1) is 23.4 Å². The van der Waals surface area contributed by atoms with Crippen molar-refractivity contribution in [3.8, 4) is 0 Å². The van der Waals surface area contributed by atoms with E-state index in [1.807, 2.05) is 0 Å². The fourth-order valence-electron chi connectivity index (χ4n) is 2.33. The van der Waals surface area contributed by atoms with Crippen LogP contribution in [0.15, 0.2) is 12.1 Å². The van der Waals surface area contributed by atoms with Gasteiger partial charge in [-0.2, -0.15) is 0 Å². The summed E-state index contributed by atoms with van der Waals surface area (Å²) in [7, 11) is 0. The van der Waals surface area contributed by atoms with Gasteiger partial charge in [-0.05, 0) is 6.92 Å². The number of carbonyl (C=O) groups excluding carboxylic acids is 1. The van der Waals surface area contributed by atoms with Crippen LogP contribution in [0.5, 0.6) is 0 Å². The molecule has 0 spiro atoms. The first-order chi connectivity index (χ1) is 8.41. The molecule has 1 heterocycles. The molecule has 5 heteroatoms. The molecule has 1 aliphatic heterocycles. The predicted molar refractivity (Wildman–Crippen MR) is 61.9 cm³/mol. The lowest BCUT2D eigenvalue weighted by molar-refractivity contribution is -0.123. The average molecular weight is 257 g/mol. The lowest BCUT2D eigenvalue weighted by atomic mass is 9.90. The van der Waals surface area contributed by atoms with Crippen LogP contribution in [0.25, 0.3) is 0 Å². The monoisotopic (exact) mass is 257 g/mol. The Balaban J connectivity index is 2.40. The van der Waals surface area contributed by atoms with Gasteiger partial charge < -0.3 is 4.90 Å². The van der Waals surface area contributed by atoms with Gasteiger partial charge in [0.2, 0.25) is 0 Å². The molecule has 1 aliphatic rings. The summed E-state index contributed by atoms with van der Waals surface area (Å²) >= 11 is 0. The zero-order valence-corrected chi connectivity index (χ0v) is 10.2. The predicted octanol–water partition coefficient (Wildman–Crippen LogP) is 2.91. The van der Waals surface area contributed by atoms with E-state index in [0.29, 0.717) is 12.1 Å². The number of benzene rings is 1. The van der Waals surface area contributed by atoms with E-state index in [0.717, 1.165) is 0 Å². The second-order valence-electron chi connectivity index (χ2n) is 4.66. The summed E-state index contributed by atoms with van der Waals surface area (Å²) < 4.78 is 40.2. The molecule has 1 fully saturated rings. The minimum Gasteiger partial charge on any atom is -0.363 e. The van der Waals surface area contributed by atoms with Crippen molar-refractivity contribution in [2.24, 2.45) is 5.92 Å². The van der Waals surface area contributed by atoms with Crippen molar-refractivity contribution in [2.75, 3.05) is 11.4 Å². The summed E-state index contributed by atoms with van der Waals surface area (Å²) in [6.07, 6.45) is 0.252. The van der Waals surface area contributed by atoms with Gasteiger partial charge in [0.05, 0.1) is 0 Å². The van der Waals surface area contributed by atoms with Gasteiger partial charge in [-0.1, -0.05) is 6.92 Å². The quantitative estimate of drug-likeness (QED) is 0.771. The molecule has 0 aromatic heterocycles. The summed E-state index contributed by atoms with van der Waals surface area (Å²) in [6, 6.07) is 1.01. The third-order valence-electron chi connectivity index (χ3n) is 3.59. The highest BCUT2D eigenvalue weighted by Crippen LogP contribution is 2.31. The van der Waals surface area contributed by atoms with Crippen LogP contribution >= 0.6 is 0 Å². The van der Waals surface area contributed by atoms with Crippen molar-refractivity contribution >= 4 is 11.5 Å². The molecule has 2 rings (SSSR count). The Morgan fingerprint density at radius 3 is 2.28 bits per heavy atom. The number of piperidine rings is 1. The van der Waals surface area contributed by atoms with E-state index in [-0.39, 0.29) is 36.4 Å². The maximum atomic E-state index is 13.7. The number of hydrogen-bond donors (Lipinski definition) is 0. The Bertz CT molecular complexity index is 466. The number of halogens is 3. The van der Waals surface area contributed by atoms with Gasteiger partial charge >= 0.3 is 0 Å². The van der Waals surface area contributed by atoms with Gasteiger partial charge in [0.15, 0.2) is 11.6 Å². The summed E-state index contributed by atoms with van der Waals surface area (Å²) in [5.41, 5.74) is -0.247. The molecule has 18 heavy (non-hydrogen) atoms. The average Bonchev–Trinajstić information content (AvgIpc) is 2.28. The molecular formula is C13H14F3NO. The number of ketones is 1. The summed E-state index contributed by atoms with van der Waals surface area (Å²) in [4.78, 5) is 13.0. The zero-order chi connectivity index (χ0) is 13.4. The molecule has 0 radical (unpaired) electrons. The van der Waals surface area contributed by atoms with E-state index in [9.17, 15) is 18.0 Å². The Hall–Kier alpha value is -1.52.